The molecule has 2 aromatic carbocycles. The second-order valence-electron chi connectivity index (χ2n) is 5.13. The van der Waals surface area contributed by atoms with Crippen molar-refractivity contribution in [3.8, 4) is 11.5 Å². The number of amides is 1. The van der Waals surface area contributed by atoms with Crippen molar-refractivity contribution in [1.82, 2.24) is 4.90 Å². The van der Waals surface area contributed by atoms with Crippen LogP contribution < -0.4 is 4.74 Å². The Labute approximate surface area is 132 Å². The maximum atomic E-state index is 11.8. The Balaban J connectivity index is 1.63. The third-order valence-electron chi connectivity index (χ3n) is 3.44. The average Bonchev–Trinajstić information content (AvgIpc) is 2.80. The number of rotatable bonds is 4. The van der Waals surface area contributed by atoms with Crippen LogP contribution in [0.4, 0.5) is 0 Å². The summed E-state index contributed by atoms with van der Waals surface area (Å²) in [6.07, 6.45) is 0.592. The molecule has 1 fully saturated rings. The lowest BCUT2D eigenvalue weighted by Crippen LogP contribution is -2.24. The Kier molecular flexibility index (Phi) is 4.25. The number of alkyl halides is 1. The van der Waals surface area contributed by atoms with Crippen LogP contribution >= 0.6 is 15.9 Å². The van der Waals surface area contributed by atoms with Gasteiger partial charge in [0.2, 0.25) is 5.91 Å². The van der Waals surface area contributed by atoms with Crippen LogP contribution in [0.25, 0.3) is 0 Å². The van der Waals surface area contributed by atoms with Crippen LogP contribution in [0.2, 0.25) is 0 Å². The second-order valence-corrected chi connectivity index (χ2v) is 6.43. The van der Waals surface area contributed by atoms with E-state index < -0.39 is 0 Å². The summed E-state index contributed by atoms with van der Waals surface area (Å²) < 4.78 is 5.75. The molecule has 3 rings (SSSR count). The Bertz CT molecular complexity index is 612. The van der Waals surface area contributed by atoms with E-state index >= 15 is 0 Å². The smallest absolute Gasteiger partial charge is 0.224 e. The molecule has 3 nitrogen and oxygen atoms in total. The molecule has 0 saturated carbocycles. The number of carbonyl (C=O) groups excluding carboxylic acids is 1. The molecule has 1 saturated heterocycles. The first kappa shape index (κ1) is 14.1. The van der Waals surface area contributed by atoms with Crippen molar-refractivity contribution in [1.29, 1.82) is 0 Å². The number of nitrogens with zero attached hydrogens (tertiary/aromatic N) is 1. The topological polar surface area (TPSA) is 29.5 Å². The highest BCUT2D eigenvalue weighted by Crippen LogP contribution is 2.23. The molecule has 1 unspecified atom stereocenters. The van der Waals surface area contributed by atoms with E-state index in [0.717, 1.165) is 23.6 Å². The Morgan fingerprint density at radius 3 is 2.33 bits per heavy atom. The third-order valence-corrected chi connectivity index (χ3v) is 4.06. The minimum absolute atomic E-state index is 0.210. The predicted molar refractivity (Wildman–Crippen MR) is 85.7 cm³/mol. The van der Waals surface area contributed by atoms with Crippen molar-refractivity contribution in [2.75, 3.05) is 6.54 Å². The number of benzene rings is 2. The summed E-state index contributed by atoms with van der Waals surface area (Å²) in [5.41, 5.74) is 1.12. The van der Waals surface area contributed by atoms with E-state index in [-0.39, 0.29) is 10.7 Å². The average molecular weight is 346 g/mol. The molecule has 2 aromatic rings. The van der Waals surface area contributed by atoms with E-state index in [1.54, 1.807) is 0 Å². The van der Waals surface area contributed by atoms with E-state index in [1.807, 2.05) is 59.5 Å². The van der Waals surface area contributed by atoms with Gasteiger partial charge in [0, 0.05) is 24.3 Å². The van der Waals surface area contributed by atoms with Crippen molar-refractivity contribution in [3.63, 3.8) is 0 Å². The summed E-state index contributed by atoms with van der Waals surface area (Å²) in [6.45, 7) is 1.44. The molecule has 0 aliphatic carbocycles. The Morgan fingerprint density at radius 1 is 1.05 bits per heavy atom. The van der Waals surface area contributed by atoms with Crippen molar-refractivity contribution in [3.05, 3.63) is 60.2 Å². The SMILES string of the molecule is O=C1CC(Br)CN1Cc1ccc(Oc2ccccc2)cc1. The lowest BCUT2D eigenvalue weighted by molar-refractivity contribution is -0.128. The van der Waals surface area contributed by atoms with E-state index in [9.17, 15) is 4.79 Å². The van der Waals surface area contributed by atoms with Crippen LogP contribution in [0.5, 0.6) is 11.5 Å². The zero-order valence-corrected chi connectivity index (χ0v) is 13.1. The number of halogens is 1. The van der Waals surface area contributed by atoms with Gasteiger partial charge in [0.1, 0.15) is 11.5 Å². The molecule has 1 aliphatic heterocycles. The molecule has 0 spiro atoms. The monoisotopic (exact) mass is 345 g/mol. The molecule has 0 N–H and O–H groups in total. The zero-order chi connectivity index (χ0) is 14.7. The van der Waals surface area contributed by atoms with Gasteiger partial charge in [-0.1, -0.05) is 46.3 Å². The highest BCUT2D eigenvalue weighted by molar-refractivity contribution is 9.09. The summed E-state index contributed by atoms with van der Waals surface area (Å²) in [7, 11) is 0. The van der Waals surface area contributed by atoms with Crippen LogP contribution in [0.15, 0.2) is 54.6 Å². The maximum Gasteiger partial charge on any atom is 0.224 e. The number of hydrogen-bond acceptors (Lipinski definition) is 2. The van der Waals surface area contributed by atoms with Crippen LogP contribution in [-0.4, -0.2) is 22.2 Å². The lowest BCUT2D eigenvalue weighted by atomic mass is 10.2. The van der Waals surface area contributed by atoms with Gasteiger partial charge in [0.25, 0.3) is 0 Å². The van der Waals surface area contributed by atoms with Crippen molar-refractivity contribution < 1.29 is 9.53 Å². The first-order valence-corrected chi connectivity index (χ1v) is 7.86. The minimum atomic E-state index is 0.210. The summed E-state index contributed by atoms with van der Waals surface area (Å²) >= 11 is 3.50. The molecule has 1 atom stereocenters. The van der Waals surface area contributed by atoms with E-state index in [0.29, 0.717) is 13.0 Å². The minimum Gasteiger partial charge on any atom is -0.457 e. The lowest BCUT2D eigenvalue weighted by Gasteiger charge is -2.16. The van der Waals surface area contributed by atoms with Gasteiger partial charge in [-0.3, -0.25) is 4.79 Å². The number of carbonyl (C=O) groups is 1. The van der Waals surface area contributed by atoms with Crippen LogP contribution in [0.3, 0.4) is 0 Å². The van der Waals surface area contributed by atoms with Gasteiger partial charge in [-0.15, -0.1) is 0 Å². The number of hydrogen-bond donors (Lipinski definition) is 0. The molecular weight excluding hydrogens is 330 g/mol. The fourth-order valence-electron chi connectivity index (χ4n) is 2.38. The van der Waals surface area contributed by atoms with Crippen LogP contribution in [0, 0.1) is 0 Å². The van der Waals surface area contributed by atoms with E-state index in [4.69, 9.17) is 4.74 Å². The molecular formula is C17H16BrNO2. The highest BCUT2D eigenvalue weighted by atomic mass is 79.9. The Hall–Kier alpha value is -1.81. The van der Waals surface area contributed by atoms with Gasteiger partial charge < -0.3 is 9.64 Å². The summed E-state index contributed by atoms with van der Waals surface area (Å²) in [5.74, 6) is 1.83. The molecule has 1 heterocycles. The largest absolute Gasteiger partial charge is 0.457 e. The molecule has 1 amide bonds. The molecule has 4 heteroatoms. The maximum absolute atomic E-state index is 11.8. The third kappa shape index (κ3) is 3.64. The highest BCUT2D eigenvalue weighted by Gasteiger charge is 2.27. The van der Waals surface area contributed by atoms with Crippen molar-refractivity contribution in [2.24, 2.45) is 0 Å². The zero-order valence-electron chi connectivity index (χ0n) is 11.5. The predicted octanol–water partition coefficient (Wildman–Crippen LogP) is 3.97. The standard InChI is InChI=1S/C17H16BrNO2/c18-14-10-17(20)19(12-14)11-13-6-8-16(9-7-13)21-15-4-2-1-3-5-15/h1-9,14H,10-12H2. The van der Waals surface area contributed by atoms with E-state index in [2.05, 4.69) is 15.9 Å². The summed E-state index contributed by atoms with van der Waals surface area (Å²) in [6, 6.07) is 17.6. The second kappa shape index (κ2) is 6.31. The number of likely N-dealkylation sites (tertiary alicyclic amines) is 1. The fourth-order valence-corrected chi connectivity index (χ4v) is 3.01. The molecule has 0 aromatic heterocycles. The van der Waals surface area contributed by atoms with Gasteiger partial charge >= 0.3 is 0 Å². The van der Waals surface area contributed by atoms with Gasteiger partial charge in [-0.05, 0) is 29.8 Å². The van der Waals surface area contributed by atoms with Gasteiger partial charge in [-0.2, -0.15) is 0 Å². The molecule has 0 bridgehead atoms. The van der Waals surface area contributed by atoms with Crippen LogP contribution in [0.1, 0.15) is 12.0 Å². The summed E-state index contributed by atoms with van der Waals surface area (Å²) in [5, 5.41) is 0. The number of para-hydroxylation sites is 1. The van der Waals surface area contributed by atoms with E-state index in [1.165, 1.54) is 0 Å². The molecule has 21 heavy (non-hydrogen) atoms. The van der Waals surface area contributed by atoms with Gasteiger partial charge in [-0.25, -0.2) is 0 Å². The molecule has 108 valence electrons. The first-order chi connectivity index (χ1) is 10.2. The van der Waals surface area contributed by atoms with Crippen molar-refractivity contribution >= 4 is 21.8 Å². The van der Waals surface area contributed by atoms with Crippen LogP contribution in [-0.2, 0) is 11.3 Å². The molecule has 0 radical (unpaired) electrons. The van der Waals surface area contributed by atoms with Crippen molar-refractivity contribution in [2.45, 2.75) is 17.8 Å². The first-order valence-electron chi connectivity index (χ1n) is 6.94. The quantitative estimate of drug-likeness (QED) is 0.784. The summed E-state index contributed by atoms with van der Waals surface area (Å²) in [4.78, 5) is 13.9. The number of ether oxygens (including phenoxy) is 1. The van der Waals surface area contributed by atoms with Gasteiger partial charge in [0.05, 0.1) is 0 Å². The molecule has 1 aliphatic rings. The normalized spacial score (nSPS) is 18.0. The van der Waals surface area contributed by atoms with Gasteiger partial charge in [0.15, 0.2) is 0 Å². The fraction of sp³-hybridized carbons (Fsp3) is 0.235. The Morgan fingerprint density at radius 2 is 1.71 bits per heavy atom.